The molecular weight excluding hydrogens is 262 g/mol. The van der Waals surface area contributed by atoms with E-state index in [1.165, 1.54) is 11.1 Å². The first-order valence-electron chi connectivity index (χ1n) is 7.91. The van der Waals surface area contributed by atoms with Gasteiger partial charge in [-0.25, -0.2) is 0 Å². The third-order valence-corrected chi connectivity index (χ3v) is 4.39. The van der Waals surface area contributed by atoms with Crippen molar-refractivity contribution in [3.63, 3.8) is 0 Å². The molecule has 1 aliphatic rings. The Bertz CT molecular complexity index is 473. The van der Waals surface area contributed by atoms with Gasteiger partial charge < -0.3 is 10.0 Å². The number of aliphatic carboxylic acids is 1. The first kappa shape index (κ1) is 16.0. The van der Waals surface area contributed by atoms with Crippen molar-refractivity contribution < 1.29 is 9.90 Å². The molecule has 3 heteroatoms. The van der Waals surface area contributed by atoms with Gasteiger partial charge in [-0.2, -0.15) is 0 Å². The molecular formula is C18H27NO2. The number of piperidine rings is 1. The van der Waals surface area contributed by atoms with Gasteiger partial charge in [0.05, 0.1) is 5.92 Å². The van der Waals surface area contributed by atoms with Crippen LogP contribution in [0, 0.1) is 5.92 Å². The number of likely N-dealkylation sites (tertiary alicyclic amines) is 1. The quantitative estimate of drug-likeness (QED) is 0.924. The molecule has 0 bridgehead atoms. The Morgan fingerprint density at radius 1 is 1.29 bits per heavy atom. The summed E-state index contributed by atoms with van der Waals surface area (Å²) in [6.07, 6.45) is 2.82. The molecule has 1 saturated heterocycles. The van der Waals surface area contributed by atoms with Crippen molar-refractivity contribution in [1.29, 1.82) is 0 Å². The maximum Gasteiger partial charge on any atom is 0.307 e. The van der Waals surface area contributed by atoms with Crippen LogP contribution in [0.25, 0.3) is 0 Å². The van der Waals surface area contributed by atoms with Crippen molar-refractivity contribution in [1.82, 2.24) is 4.90 Å². The highest BCUT2D eigenvalue weighted by molar-refractivity contribution is 5.70. The van der Waals surface area contributed by atoms with Crippen LogP contribution in [0.2, 0.25) is 0 Å². The van der Waals surface area contributed by atoms with Crippen LogP contribution in [0.15, 0.2) is 24.3 Å². The predicted molar refractivity (Wildman–Crippen MR) is 85.6 cm³/mol. The SMILES string of the molecule is CC(C)(C)c1ccc(CCN2CCCC(C(=O)O)C2)cc1. The molecule has 0 radical (unpaired) electrons. The van der Waals surface area contributed by atoms with E-state index < -0.39 is 5.97 Å². The molecule has 0 aromatic heterocycles. The van der Waals surface area contributed by atoms with Crippen molar-refractivity contribution in [2.75, 3.05) is 19.6 Å². The summed E-state index contributed by atoms with van der Waals surface area (Å²) in [5, 5.41) is 9.12. The molecule has 1 heterocycles. The van der Waals surface area contributed by atoms with Crippen molar-refractivity contribution >= 4 is 5.97 Å². The van der Waals surface area contributed by atoms with E-state index in [0.29, 0.717) is 6.54 Å². The number of hydrogen-bond acceptors (Lipinski definition) is 2. The Balaban J connectivity index is 1.87. The van der Waals surface area contributed by atoms with E-state index in [1.54, 1.807) is 0 Å². The van der Waals surface area contributed by atoms with Gasteiger partial charge in [-0.1, -0.05) is 45.0 Å². The molecule has 116 valence electrons. The molecule has 21 heavy (non-hydrogen) atoms. The van der Waals surface area contributed by atoms with Crippen LogP contribution in [0.1, 0.15) is 44.7 Å². The number of carboxylic acids is 1. The second kappa shape index (κ2) is 6.61. The van der Waals surface area contributed by atoms with Crippen LogP contribution in [0.3, 0.4) is 0 Å². The van der Waals surface area contributed by atoms with Gasteiger partial charge in [0, 0.05) is 13.1 Å². The van der Waals surface area contributed by atoms with Gasteiger partial charge >= 0.3 is 5.97 Å². The summed E-state index contributed by atoms with van der Waals surface area (Å²) in [5.74, 6) is -0.823. The molecule has 0 amide bonds. The largest absolute Gasteiger partial charge is 0.481 e. The monoisotopic (exact) mass is 289 g/mol. The fourth-order valence-corrected chi connectivity index (χ4v) is 2.92. The summed E-state index contributed by atoms with van der Waals surface area (Å²) < 4.78 is 0. The topological polar surface area (TPSA) is 40.5 Å². The summed E-state index contributed by atoms with van der Waals surface area (Å²) in [4.78, 5) is 13.4. The molecule has 1 aromatic rings. The molecule has 3 nitrogen and oxygen atoms in total. The lowest BCUT2D eigenvalue weighted by molar-refractivity contribution is -0.143. The maximum atomic E-state index is 11.1. The Kier molecular flexibility index (Phi) is 5.04. The van der Waals surface area contributed by atoms with Gasteiger partial charge in [-0.3, -0.25) is 4.79 Å². The van der Waals surface area contributed by atoms with Gasteiger partial charge in [0.1, 0.15) is 0 Å². The van der Waals surface area contributed by atoms with E-state index in [9.17, 15) is 4.79 Å². The number of carbonyl (C=O) groups is 1. The maximum absolute atomic E-state index is 11.1. The molecule has 1 aromatic carbocycles. The minimum atomic E-state index is -0.644. The third-order valence-electron chi connectivity index (χ3n) is 4.39. The zero-order chi connectivity index (χ0) is 15.5. The predicted octanol–water partition coefficient (Wildman–Crippen LogP) is 3.32. The Morgan fingerprint density at radius 3 is 2.52 bits per heavy atom. The van der Waals surface area contributed by atoms with Crippen molar-refractivity contribution in [3.8, 4) is 0 Å². The second-order valence-corrected chi connectivity index (χ2v) is 7.17. The van der Waals surface area contributed by atoms with E-state index in [2.05, 4.69) is 49.9 Å². The van der Waals surface area contributed by atoms with E-state index >= 15 is 0 Å². The lowest BCUT2D eigenvalue weighted by Crippen LogP contribution is -2.39. The smallest absolute Gasteiger partial charge is 0.307 e. The number of hydrogen-bond donors (Lipinski definition) is 1. The highest BCUT2D eigenvalue weighted by atomic mass is 16.4. The van der Waals surface area contributed by atoms with Crippen molar-refractivity contribution in [3.05, 3.63) is 35.4 Å². The molecule has 1 unspecified atom stereocenters. The zero-order valence-corrected chi connectivity index (χ0v) is 13.4. The Hall–Kier alpha value is -1.35. The number of nitrogens with zero attached hydrogens (tertiary/aromatic N) is 1. The van der Waals surface area contributed by atoms with Gasteiger partial charge in [0.15, 0.2) is 0 Å². The summed E-state index contributed by atoms with van der Waals surface area (Å²) in [5.41, 5.74) is 2.88. The first-order valence-corrected chi connectivity index (χ1v) is 7.91. The standard InChI is InChI=1S/C18H27NO2/c1-18(2,3)16-8-6-14(7-9-16)10-12-19-11-4-5-15(13-19)17(20)21/h6-9,15H,4-5,10-13H2,1-3H3,(H,20,21). The van der Waals surface area contributed by atoms with E-state index in [-0.39, 0.29) is 11.3 Å². The first-order chi connectivity index (χ1) is 9.86. The van der Waals surface area contributed by atoms with Gasteiger partial charge in [0.25, 0.3) is 0 Å². The van der Waals surface area contributed by atoms with Crippen LogP contribution in [0.5, 0.6) is 0 Å². The highest BCUT2D eigenvalue weighted by Crippen LogP contribution is 2.22. The Labute approximate surface area is 128 Å². The normalized spacial score (nSPS) is 20.4. The van der Waals surface area contributed by atoms with Crippen LogP contribution >= 0.6 is 0 Å². The van der Waals surface area contributed by atoms with Gasteiger partial charge in [-0.15, -0.1) is 0 Å². The number of benzene rings is 1. The van der Waals surface area contributed by atoms with Crippen molar-refractivity contribution in [2.45, 2.75) is 45.4 Å². The number of rotatable bonds is 4. The summed E-state index contributed by atoms with van der Waals surface area (Å²) in [6.45, 7) is 9.36. The molecule has 0 spiro atoms. The van der Waals surface area contributed by atoms with E-state index in [4.69, 9.17) is 5.11 Å². The minimum absolute atomic E-state index is 0.179. The second-order valence-electron chi connectivity index (χ2n) is 7.17. The summed E-state index contributed by atoms with van der Waals surface area (Å²) >= 11 is 0. The lowest BCUT2D eigenvalue weighted by atomic mass is 9.86. The molecule has 0 saturated carbocycles. The molecule has 1 N–H and O–H groups in total. The van der Waals surface area contributed by atoms with Crippen LogP contribution in [-0.2, 0) is 16.6 Å². The lowest BCUT2D eigenvalue weighted by Gasteiger charge is -2.30. The summed E-state index contributed by atoms with van der Waals surface area (Å²) in [7, 11) is 0. The molecule has 2 rings (SSSR count). The van der Waals surface area contributed by atoms with E-state index in [0.717, 1.165) is 32.4 Å². The van der Waals surface area contributed by atoms with Crippen LogP contribution < -0.4 is 0 Å². The zero-order valence-electron chi connectivity index (χ0n) is 13.4. The molecule has 1 atom stereocenters. The van der Waals surface area contributed by atoms with Crippen LogP contribution in [0.4, 0.5) is 0 Å². The van der Waals surface area contributed by atoms with Crippen molar-refractivity contribution in [2.24, 2.45) is 5.92 Å². The molecule has 1 aliphatic heterocycles. The Morgan fingerprint density at radius 2 is 1.95 bits per heavy atom. The average Bonchev–Trinajstić information content (AvgIpc) is 2.45. The highest BCUT2D eigenvalue weighted by Gasteiger charge is 2.24. The summed E-state index contributed by atoms with van der Waals surface area (Å²) in [6, 6.07) is 8.84. The molecule has 1 fully saturated rings. The van der Waals surface area contributed by atoms with E-state index in [1.807, 2.05) is 0 Å². The average molecular weight is 289 g/mol. The van der Waals surface area contributed by atoms with Crippen LogP contribution in [-0.4, -0.2) is 35.6 Å². The third kappa shape index (κ3) is 4.57. The fraction of sp³-hybridized carbons (Fsp3) is 0.611. The fourth-order valence-electron chi connectivity index (χ4n) is 2.92. The van der Waals surface area contributed by atoms with Gasteiger partial charge in [-0.05, 0) is 42.3 Å². The number of carboxylic acid groups (broad SMARTS) is 1. The van der Waals surface area contributed by atoms with Gasteiger partial charge in [0.2, 0.25) is 0 Å². The minimum Gasteiger partial charge on any atom is -0.481 e. The molecule has 0 aliphatic carbocycles.